The lowest BCUT2D eigenvalue weighted by Crippen LogP contribution is -2.00. The van der Waals surface area contributed by atoms with Gasteiger partial charge in [-0.25, -0.2) is 9.37 Å². The van der Waals surface area contributed by atoms with Crippen LogP contribution in [0.4, 0.5) is 4.39 Å². The number of pyridine rings is 1. The molecule has 0 unspecified atom stereocenters. The predicted octanol–water partition coefficient (Wildman–Crippen LogP) is 3.96. The second-order valence-corrected chi connectivity index (χ2v) is 5.81. The van der Waals surface area contributed by atoms with E-state index in [4.69, 9.17) is 9.47 Å². The molecule has 0 aliphatic rings. The quantitative estimate of drug-likeness (QED) is 0.596. The standard InChI is InChI=1S/C16H14FIN2O2/c1-21-12-3-5-16-19-14(10-20(16)9-12)11-2-4-15(13(18)8-11)22-7-6-17/h2-5,8-10H,6-7H2,1H3. The molecule has 2 aromatic heterocycles. The third-order valence-electron chi connectivity index (χ3n) is 3.22. The van der Waals surface area contributed by atoms with Crippen LogP contribution >= 0.6 is 22.6 Å². The summed E-state index contributed by atoms with van der Waals surface area (Å²) in [7, 11) is 1.64. The number of halogens is 2. The van der Waals surface area contributed by atoms with Crippen LogP contribution in [-0.4, -0.2) is 29.8 Å². The van der Waals surface area contributed by atoms with Gasteiger partial charge in [-0.05, 0) is 52.9 Å². The average molecular weight is 412 g/mol. The number of methoxy groups -OCH3 is 1. The number of benzene rings is 1. The lowest BCUT2D eigenvalue weighted by atomic mass is 10.2. The summed E-state index contributed by atoms with van der Waals surface area (Å²) in [5.74, 6) is 1.47. The molecular formula is C16H14FIN2O2. The molecule has 3 aromatic rings. The summed E-state index contributed by atoms with van der Waals surface area (Å²) in [5, 5.41) is 0. The van der Waals surface area contributed by atoms with Crippen LogP contribution in [0.25, 0.3) is 16.9 Å². The van der Waals surface area contributed by atoms with Gasteiger partial charge in [0.25, 0.3) is 0 Å². The first-order valence-electron chi connectivity index (χ1n) is 6.72. The van der Waals surface area contributed by atoms with Crippen molar-refractivity contribution in [1.82, 2.24) is 9.38 Å². The van der Waals surface area contributed by atoms with Gasteiger partial charge in [-0.15, -0.1) is 0 Å². The van der Waals surface area contributed by atoms with E-state index in [1.807, 2.05) is 47.1 Å². The van der Waals surface area contributed by atoms with Crippen LogP contribution in [0.3, 0.4) is 0 Å². The van der Waals surface area contributed by atoms with Gasteiger partial charge in [0.05, 0.1) is 22.6 Å². The maximum atomic E-state index is 12.2. The van der Waals surface area contributed by atoms with Crippen LogP contribution in [0.1, 0.15) is 0 Å². The van der Waals surface area contributed by atoms with Gasteiger partial charge in [0.1, 0.15) is 30.4 Å². The summed E-state index contributed by atoms with van der Waals surface area (Å²) in [6.45, 7) is -0.421. The zero-order chi connectivity index (χ0) is 15.5. The van der Waals surface area contributed by atoms with E-state index in [-0.39, 0.29) is 6.61 Å². The van der Waals surface area contributed by atoms with Crippen LogP contribution in [-0.2, 0) is 0 Å². The Morgan fingerprint density at radius 2 is 2.09 bits per heavy atom. The van der Waals surface area contributed by atoms with E-state index in [2.05, 4.69) is 27.6 Å². The highest BCUT2D eigenvalue weighted by Gasteiger charge is 2.08. The van der Waals surface area contributed by atoms with Crippen LogP contribution in [0, 0.1) is 3.57 Å². The van der Waals surface area contributed by atoms with Gasteiger partial charge in [-0.3, -0.25) is 0 Å². The number of nitrogens with zero attached hydrogens (tertiary/aromatic N) is 2. The van der Waals surface area contributed by atoms with E-state index in [0.717, 1.165) is 26.2 Å². The number of fused-ring (bicyclic) bond motifs is 1. The number of aromatic nitrogens is 2. The third kappa shape index (κ3) is 3.01. The normalized spacial score (nSPS) is 10.9. The highest BCUT2D eigenvalue weighted by molar-refractivity contribution is 14.1. The minimum Gasteiger partial charge on any atom is -0.495 e. The molecule has 0 fully saturated rings. The van der Waals surface area contributed by atoms with Crippen molar-refractivity contribution in [2.24, 2.45) is 0 Å². The summed E-state index contributed by atoms with van der Waals surface area (Å²) >= 11 is 2.18. The zero-order valence-corrected chi connectivity index (χ0v) is 14.1. The second kappa shape index (κ2) is 6.51. The van der Waals surface area contributed by atoms with Crippen molar-refractivity contribution in [2.45, 2.75) is 0 Å². The van der Waals surface area contributed by atoms with E-state index in [0.29, 0.717) is 5.75 Å². The summed E-state index contributed by atoms with van der Waals surface area (Å²) in [6, 6.07) is 9.54. The second-order valence-electron chi connectivity index (χ2n) is 4.64. The van der Waals surface area contributed by atoms with Gasteiger partial charge in [0.2, 0.25) is 0 Å². The van der Waals surface area contributed by atoms with Crippen molar-refractivity contribution in [3.63, 3.8) is 0 Å². The van der Waals surface area contributed by atoms with E-state index in [9.17, 15) is 4.39 Å². The Morgan fingerprint density at radius 1 is 1.23 bits per heavy atom. The molecule has 1 aromatic carbocycles. The molecule has 114 valence electrons. The fourth-order valence-electron chi connectivity index (χ4n) is 2.16. The number of imidazole rings is 1. The summed E-state index contributed by atoms with van der Waals surface area (Å²) in [5.41, 5.74) is 2.70. The molecule has 0 radical (unpaired) electrons. The molecule has 6 heteroatoms. The maximum absolute atomic E-state index is 12.2. The summed E-state index contributed by atoms with van der Waals surface area (Å²) in [4.78, 5) is 4.59. The van der Waals surface area contributed by atoms with Gasteiger partial charge in [0, 0.05) is 11.8 Å². The first kappa shape index (κ1) is 15.1. The maximum Gasteiger partial charge on any atom is 0.137 e. The molecule has 0 amide bonds. The van der Waals surface area contributed by atoms with Crippen molar-refractivity contribution in [1.29, 1.82) is 0 Å². The van der Waals surface area contributed by atoms with Crippen molar-refractivity contribution in [3.8, 4) is 22.8 Å². The smallest absolute Gasteiger partial charge is 0.137 e. The largest absolute Gasteiger partial charge is 0.495 e. The Hall–Kier alpha value is -1.83. The fourth-order valence-corrected chi connectivity index (χ4v) is 2.83. The van der Waals surface area contributed by atoms with Gasteiger partial charge < -0.3 is 13.9 Å². The van der Waals surface area contributed by atoms with E-state index in [1.54, 1.807) is 7.11 Å². The Bertz CT molecular complexity index is 804. The van der Waals surface area contributed by atoms with Crippen molar-refractivity contribution >= 4 is 28.2 Å². The average Bonchev–Trinajstić information content (AvgIpc) is 2.96. The SMILES string of the molecule is COc1ccc2nc(-c3ccc(OCCF)c(I)c3)cn2c1. The van der Waals surface area contributed by atoms with Crippen LogP contribution in [0.5, 0.6) is 11.5 Å². The van der Waals surface area contributed by atoms with Crippen molar-refractivity contribution in [3.05, 3.63) is 46.3 Å². The van der Waals surface area contributed by atoms with Gasteiger partial charge >= 0.3 is 0 Å². The zero-order valence-electron chi connectivity index (χ0n) is 11.9. The molecule has 0 aliphatic heterocycles. The summed E-state index contributed by atoms with van der Waals surface area (Å²) < 4.78 is 25.6. The summed E-state index contributed by atoms with van der Waals surface area (Å²) in [6.07, 6.45) is 3.83. The molecule has 0 saturated heterocycles. The van der Waals surface area contributed by atoms with Crippen molar-refractivity contribution in [2.75, 3.05) is 20.4 Å². The molecule has 22 heavy (non-hydrogen) atoms. The minimum absolute atomic E-state index is 0.0729. The highest BCUT2D eigenvalue weighted by atomic mass is 127. The number of rotatable bonds is 5. The minimum atomic E-state index is -0.494. The Morgan fingerprint density at radius 3 is 2.82 bits per heavy atom. The molecule has 2 heterocycles. The van der Waals surface area contributed by atoms with E-state index >= 15 is 0 Å². The highest BCUT2D eigenvalue weighted by Crippen LogP contribution is 2.28. The predicted molar refractivity (Wildman–Crippen MR) is 91.4 cm³/mol. The molecule has 0 N–H and O–H groups in total. The van der Waals surface area contributed by atoms with Crippen LogP contribution in [0.15, 0.2) is 42.7 Å². The molecule has 0 spiro atoms. The lowest BCUT2D eigenvalue weighted by molar-refractivity contribution is 0.272. The van der Waals surface area contributed by atoms with Gasteiger partial charge in [-0.1, -0.05) is 0 Å². The molecule has 0 atom stereocenters. The Labute approximate surface area is 141 Å². The molecule has 0 bridgehead atoms. The van der Waals surface area contributed by atoms with Crippen LogP contribution < -0.4 is 9.47 Å². The molecule has 0 aliphatic carbocycles. The molecular weight excluding hydrogens is 398 g/mol. The van der Waals surface area contributed by atoms with Crippen LogP contribution in [0.2, 0.25) is 0 Å². The van der Waals surface area contributed by atoms with Gasteiger partial charge in [0.15, 0.2) is 0 Å². The topological polar surface area (TPSA) is 35.8 Å². The first-order valence-corrected chi connectivity index (χ1v) is 7.80. The van der Waals surface area contributed by atoms with Gasteiger partial charge in [-0.2, -0.15) is 0 Å². The molecule has 0 saturated carbocycles. The fraction of sp³-hybridized carbons (Fsp3) is 0.188. The first-order chi connectivity index (χ1) is 10.7. The van der Waals surface area contributed by atoms with Crippen molar-refractivity contribution < 1.29 is 13.9 Å². The van der Waals surface area contributed by atoms with E-state index in [1.165, 1.54) is 0 Å². The molecule has 4 nitrogen and oxygen atoms in total. The third-order valence-corrected chi connectivity index (χ3v) is 4.06. The Kier molecular flexibility index (Phi) is 4.47. The monoisotopic (exact) mass is 412 g/mol. The van der Waals surface area contributed by atoms with E-state index < -0.39 is 6.67 Å². The Balaban J connectivity index is 1.95. The number of alkyl halides is 1. The lowest BCUT2D eigenvalue weighted by Gasteiger charge is -2.07. The number of ether oxygens (including phenoxy) is 2. The number of hydrogen-bond acceptors (Lipinski definition) is 3. The number of hydrogen-bond donors (Lipinski definition) is 0. The molecule has 3 rings (SSSR count).